The van der Waals surface area contributed by atoms with Crippen LogP contribution in [0.4, 0.5) is 0 Å². The normalized spacial score (nSPS) is 11.0. The Morgan fingerprint density at radius 3 is 2.24 bits per heavy atom. The van der Waals surface area contributed by atoms with Crippen LogP contribution in [-0.4, -0.2) is 9.55 Å². The van der Waals surface area contributed by atoms with Gasteiger partial charge in [-0.1, -0.05) is 57.6 Å². The average molecular weight is 290 g/mol. The fourth-order valence-electron chi connectivity index (χ4n) is 2.75. The van der Waals surface area contributed by atoms with Crippen LogP contribution in [-0.2, 0) is 6.54 Å². The van der Waals surface area contributed by atoms with Gasteiger partial charge in [-0.2, -0.15) is 0 Å². The largest absolute Gasteiger partial charge is 0.335 e. The molecule has 0 aliphatic rings. The minimum atomic E-state index is 1.09. The first-order valence-corrected chi connectivity index (χ1v) is 8.88. The summed E-state index contributed by atoms with van der Waals surface area (Å²) in [7, 11) is 0. The summed E-state index contributed by atoms with van der Waals surface area (Å²) < 4.78 is 2.24. The molecule has 1 heterocycles. The lowest BCUT2D eigenvalue weighted by molar-refractivity contribution is 0.571. The lowest BCUT2D eigenvalue weighted by Crippen LogP contribution is -1.99. The van der Waals surface area contributed by atoms with Crippen LogP contribution < -0.4 is 0 Å². The molecule has 0 aliphatic heterocycles. The van der Waals surface area contributed by atoms with Crippen molar-refractivity contribution in [1.82, 2.24) is 9.55 Å². The van der Waals surface area contributed by atoms with Crippen molar-refractivity contribution in [3.63, 3.8) is 0 Å². The zero-order valence-corrected chi connectivity index (χ0v) is 14.2. The third kappa shape index (κ3) is 8.75. The van der Waals surface area contributed by atoms with Crippen molar-refractivity contribution in [3.8, 4) is 0 Å². The summed E-state index contributed by atoms with van der Waals surface area (Å²) in [6.45, 7) is 9.67. The number of allylic oxidation sites excluding steroid dienone is 1. The van der Waals surface area contributed by atoms with Crippen LogP contribution in [0.3, 0.4) is 0 Å². The first kappa shape index (κ1) is 18.0. The van der Waals surface area contributed by atoms with Crippen LogP contribution in [0.15, 0.2) is 24.5 Å². The van der Waals surface area contributed by atoms with Crippen molar-refractivity contribution in [1.29, 1.82) is 0 Å². The molecule has 1 aromatic heterocycles. The van der Waals surface area contributed by atoms with Gasteiger partial charge in [0.25, 0.3) is 0 Å². The molecule has 0 unspecified atom stereocenters. The van der Waals surface area contributed by atoms with Gasteiger partial charge in [0, 0.05) is 18.9 Å². The second kappa shape index (κ2) is 11.6. The van der Waals surface area contributed by atoms with E-state index in [1.165, 1.54) is 76.2 Å². The molecule has 0 fully saturated rings. The minimum Gasteiger partial charge on any atom is -0.335 e. The third-order valence-corrected chi connectivity index (χ3v) is 4.24. The number of nitrogens with zero attached hydrogens (tertiary/aromatic N) is 2. The molecule has 0 aliphatic carbocycles. The molecule has 2 heteroatoms. The van der Waals surface area contributed by atoms with Crippen molar-refractivity contribution < 1.29 is 0 Å². The molecule has 0 saturated heterocycles. The smallest absolute Gasteiger partial charge is 0.105 e. The predicted molar refractivity (Wildman–Crippen MR) is 92.6 cm³/mol. The monoisotopic (exact) mass is 290 g/mol. The highest BCUT2D eigenvalue weighted by molar-refractivity contribution is 4.93. The number of hydrogen-bond donors (Lipinski definition) is 0. The average Bonchev–Trinajstić information content (AvgIpc) is 2.88. The first-order valence-electron chi connectivity index (χ1n) is 8.88. The highest BCUT2D eigenvalue weighted by Gasteiger charge is 1.99. The molecule has 0 spiro atoms. The molecule has 1 aromatic rings. The first-order chi connectivity index (χ1) is 10.2. The van der Waals surface area contributed by atoms with Crippen LogP contribution in [0.2, 0.25) is 0 Å². The SMILES string of the molecule is C=C(CCCCCCCCC)CCCCn1ccnc1C. The quantitative estimate of drug-likeness (QED) is 0.319. The highest BCUT2D eigenvalue weighted by Crippen LogP contribution is 2.16. The van der Waals surface area contributed by atoms with Gasteiger partial charge in [-0.15, -0.1) is 0 Å². The lowest BCUT2D eigenvalue weighted by Gasteiger charge is -2.07. The van der Waals surface area contributed by atoms with Gasteiger partial charge in [0.1, 0.15) is 5.82 Å². The fraction of sp³-hybridized carbons (Fsp3) is 0.737. The van der Waals surface area contributed by atoms with Gasteiger partial charge >= 0.3 is 0 Å². The number of rotatable bonds is 13. The third-order valence-electron chi connectivity index (χ3n) is 4.24. The second-order valence-corrected chi connectivity index (χ2v) is 6.25. The van der Waals surface area contributed by atoms with Crippen molar-refractivity contribution in [2.24, 2.45) is 0 Å². The number of unbranched alkanes of at least 4 members (excludes halogenated alkanes) is 7. The Morgan fingerprint density at radius 1 is 1.00 bits per heavy atom. The van der Waals surface area contributed by atoms with Crippen LogP contribution in [0.25, 0.3) is 0 Å². The van der Waals surface area contributed by atoms with E-state index >= 15 is 0 Å². The zero-order valence-electron chi connectivity index (χ0n) is 14.2. The minimum absolute atomic E-state index is 1.09. The van der Waals surface area contributed by atoms with Crippen molar-refractivity contribution in [2.45, 2.75) is 91.0 Å². The Labute approximate surface area is 131 Å². The molecule has 1 rings (SSSR count). The molecule has 0 saturated carbocycles. The Balaban J connectivity index is 1.91. The number of aromatic nitrogens is 2. The number of aryl methyl sites for hydroxylation is 2. The molecule has 0 amide bonds. The molecule has 120 valence electrons. The summed E-state index contributed by atoms with van der Waals surface area (Å²) in [5.74, 6) is 1.12. The Kier molecular flexibility index (Phi) is 9.94. The van der Waals surface area contributed by atoms with Gasteiger partial charge in [0.05, 0.1) is 0 Å². The van der Waals surface area contributed by atoms with E-state index in [1.54, 1.807) is 0 Å². The van der Waals surface area contributed by atoms with Crippen molar-refractivity contribution in [2.75, 3.05) is 0 Å². The fourth-order valence-corrected chi connectivity index (χ4v) is 2.75. The zero-order chi connectivity index (χ0) is 15.3. The van der Waals surface area contributed by atoms with Gasteiger partial charge in [-0.3, -0.25) is 0 Å². The maximum absolute atomic E-state index is 4.25. The summed E-state index contributed by atoms with van der Waals surface area (Å²) >= 11 is 0. The molecule has 2 nitrogen and oxygen atoms in total. The van der Waals surface area contributed by atoms with Gasteiger partial charge in [-0.25, -0.2) is 4.98 Å². The molecule has 21 heavy (non-hydrogen) atoms. The standard InChI is InChI=1S/C19H34N2/c1-4-5-6-7-8-9-10-13-18(2)14-11-12-16-21-17-15-20-19(21)3/h15,17H,2,4-14,16H2,1,3H3. The van der Waals surface area contributed by atoms with E-state index in [2.05, 4.69) is 36.2 Å². The van der Waals surface area contributed by atoms with Gasteiger partial charge in [-0.05, 0) is 39.0 Å². The van der Waals surface area contributed by atoms with E-state index in [0.29, 0.717) is 0 Å². The number of imidazole rings is 1. The maximum atomic E-state index is 4.25. The molecular formula is C19H34N2. The van der Waals surface area contributed by atoms with E-state index in [4.69, 9.17) is 0 Å². The summed E-state index contributed by atoms with van der Waals surface area (Å²) in [5.41, 5.74) is 1.45. The van der Waals surface area contributed by atoms with Gasteiger partial charge < -0.3 is 4.57 Å². The predicted octanol–water partition coefficient (Wildman–Crippen LogP) is 6.06. The van der Waals surface area contributed by atoms with Crippen molar-refractivity contribution in [3.05, 3.63) is 30.4 Å². The van der Waals surface area contributed by atoms with Crippen molar-refractivity contribution >= 4 is 0 Å². The topological polar surface area (TPSA) is 17.8 Å². The Morgan fingerprint density at radius 2 is 1.62 bits per heavy atom. The summed E-state index contributed by atoms with van der Waals surface area (Å²) in [5, 5.41) is 0. The summed E-state index contributed by atoms with van der Waals surface area (Å²) in [4.78, 5) is 4.25. The highest BCUT2D eigenvalue weighted by atomic mass is 15.0. The van der Waals surface area contributed by atoms with Crippen LogP contribution in [0.5, 0.6) is 0 Å². The van der Waals surface area contributed by atoms with Crippen LogP contribution in [0.1, 0.15) is 83.4 Å². The Bertz CT molecular complexity index is 379. The summed E-state index contributed by atoms with van der Waals surface area (Å²) in [6, 6.07) is 0. The molecular weight excluding hydrogens is 256 g/mol. The van der Waals surface area contributed by atoms with E-state index in [-0.39, 0.29) is 0 Å². The van der Waals surface area contributed by atoms with E-state index in [9.17, 15) is 0 Å². The summed E-state index contributed by atoms with van der Waals surface area (Å²) in [6.07, 6.45) is 18.6. The molecule has 0 aromatic carbocycles. The van der Waals surface area contributed by atoms with E-state index < -0.39 is 0 Å². The van der Waals surface area contributed by atoms with E-state index in [0.717, 1.165) is 12.4 Å². The second-order valence-electron chi connectivity index (χ2n) is 6.25. The van der Waals surface area contributed by atoms with Crippen LogP contribution >= 0.6 is 0 Å². The van der Waals surface area contributed by atoms with E-state index in [1.807, 2.05) is 6.20 Å². The molecule has 0 radical (unpaired) electrons. The molecule has 0 N–H and O–H groups in total. The molecule has 0 bridgehead atoms. The van der Waals surface area contributed by atoms with Gasteiger partial charge in [0.2, 0.25) is 0 Å². The Hall–Kier alpha value is -1.05. The molecule has 0 atom stereocenters. The number of hydrogen-bond acceptors (Lipinski definition) is 1. The van der Waals surface area contributed by atoms with Crippen LogP contribution in [0, 0.1) is 6.92 Å². The lowest BCUT2D eigenvalue weighted by atomic mass is 10.0. The maximum Gasteiger partial charge on any atom is 0.105 e. The van der Waals surface area contributed by atoms with Gasteiger partial charge in [0.15, 0.2) is 0 Å².